The van der Waals surface area contributed by atoms with Gasteiger partial charge in [0.15, 0.2) is 9.84 Å². The molecule has 2 heterocycles. The fourth-order valence-corrected chi connectivity index (χ4v) is 7.78. The molecule has 2 atom stereocenters. The number of hydrogen-bond acceptors (Lipinski definition) is 5. The molecule has 2 fully saturated rings. The minimum absolute atomic E-state index is 0.0578. The van der Waals surface area contributed by atoms with Crippen molar-refractivity contribution in [1.82, 2.24) is 4.31 Å². The van der Waals surface area contributed by atoms with Gasteiger partial charge >= 0.3 is 5.97 Å². The molecule has 0 bridgehead atoms. The summed E-state index contributed by atoms with van der Waals surface area (Å²) in [6.07, 6.45) is 1.40. The first-order valence-electron chi connectivity index (χ1n) is 7.06. The van der Waals surface area contributed by atoms with Crippen LogP contribution in [0, 0.1) is 5.41 Å². The van der Waals surface area contributed by atoms with Crippen LogP contribution in [0.1, 0.15) is 32.6 Å². The molecule has 0 spiro atoms. The molecule has 21 heavy (non-hydrogen) atoms. The summed E-state index contributed by atoms with van der Waals surface area (Å²) in [7, 11) is -7.05. The minimum Gasteiger partial charge on any atom is -0.481 e. The lowest BCUT2D eigenvalue weighted by atomic mass is 9.78. The van der Waals surface area contributed by atoms with Gasteiger partial charge in [-0.25, -0.2) is 21.1 Å². The first kappa shape index (κ1) is 16.7. The van der Waals surface area contributed by atoms with Crippen LogP contribution in [0.15, 0.2) is 0 Å². The summed E-state index contributed by atoms with van der Waals surface area (Å²) < 4.78 is 49.3. The van der Waals surface area contributed by atoms with Crippen molar-refractivity contribution in [3.8, 4) is 0 Å². The van der Waals surface area contributed by atoms with Gasteiger partial charge in [-0.3, -0.25) is 4.79 Å². The molecule has 0 aromatic carbocycles. The summed E-state index contributed by atoms with van der Waals surface area (Å²) in [5, 5.41) is 8.48. The van der Waals surface area contributed by atoms with Gasteiger partial charge in [-0.2, -0.15) is 0 Å². The molecule has 0 amide bonds. The third kappa shape index (κ3) is 3.09. The average molecular weight is 339 g/mol. The number of sulfonamides is 1. The van der Waals surface area contributed by atoms with Gasteiger partial charge in [-0.05, 0) is 25.7 Å². The fraction of sp³-hybridized carbons (Fsp3) is 0.917. The van der Waals surface area contributed by atoms with E-state index in [9.17, 15) is 26.7 Å². The molecule has 2 aliphatic rings. The van der Waals surface area contributed by atoms with E-state index >= 15 is 0 Å². The molecular formula is C12H21NO6S2. The first-order valence-corrected chi connectivity index (χ1v) is 10.4. The van der Waals surface area contributed by atoms with Gasteiger partial charge in [0.05, 0.1) is 22.2 Å². The van der Waals surface area contributed by atoms with Crippen LogP contribution in [0.3, 0.4) is 0 Å². The monoisotopic (exact) mass is 339 g/mol. The summed E-state index contributed by atoms with van der Waals surface area (Å²) in [6.45, 7) is 1.95. The normalized spacial score (nSPS) is 33.9. The Hall–Kier alpha value is -0.670. The fourth-order valence-electron chi connectivity index (χ4n) is 3.13. The number of carboxylic acid groups (broad SMARTS) is 1. The van der Waals surface area contributed by atoms with Crippen molar-refractivity contribution >= 4 is 25.8 Å². The molecule has 2 rings (SSSR count). The van der Waals surface area contributed by atoms with Crippen molar-refractivity contribution in [1.29, 1.82) is 0 Å². The molecule has 2 aliphatic heterocycles. The van der Waals surface area contributed by atoms with E-state index in [0.717, 1.165) is 0 Å². The van der Waals surface area contributed by atoms with Gasteiger partial charge in [-0.1, -0.05) is 6.92 Å². The van der Waals surface area contributed by atoms with Gasteiger partial charge in [0.2, 0.25) is 10.0 Å². The maximum absolute atomic E-state index is 12.6. The highest BCUT2D eigenvalue weighted by atomic mass is 32.2. The van der Waals surface area contributed by atoms with Crippen molar-refractivity contribution in [2.24, 2.45) is 5.41 Å². The number of sulfone groups is 1. The average Bonchev–Trinajstić information content (AvgIpc) is 2.79. The SMILES string of the molecule is CCC1(C(=O)O)CCCN(S(=O)(=O)C2CCS(=O)(=O)C2)C1. The van der Waals surface area contributed by atoms with Gasteiger partial charge in [0.1, 0.15) is 0 Å². The molecule has 7 nitrogen and oxygen atoms in total. The zero-order chi connectivity index (χ0) is 15.9. The second kappa shape index (κ2) is 5.51. The second-order valence-corrected chi connectivity index (χ2v) is 10.4. The third-order valence-corrected chi connectivity index (χ3v) is 8.90. The van der Waals surface area contributed by atoms with Crippen LogP contribution in [0.2, 0.25) is 0 Å². The lowest BCUT2D eigenvalue weighted by Crippen LogP contribution is -2.52. The lowest BCUT2D eigenvalue weighted by Gasteiger charge is -2.39. The Kier molecular flexibility index (Phi) is 4.38. The van der Waals surface area contributed by atoms with Gasteiger partial charge in [0, 0.05) is 13.1 Å². The quantitative estimate of drug-likeness (QED) is 0.777. The lowest BCUT2D eigenvalue weighted by molar-refractivity contribution is -0.151. The molecule has 0 saturated carbocycles. The van der Waals surface area contributed by atoms with E-state index < -0.39 is 36.5 Å². The third-order valence-electron chi connectivity index (χ3n) is 4.64. The number of hydrogen-bond donors (Lipinski definition) is 1. The van der Waals surface area contributed by atoms with Crippen LogP contribution in [0.25, 0.3) is 0 Å². The number of nitrogens with zero attached hydrogens (tertiary/aromatic N) is 1. The highest BCUT2D eigenvalue weighted by Gasteiger charge is 2.47. The molecular weight excluding hydrogens is 318 g/mol. The van der Waals surface area contributed by atoms with Crippen molar-refractivity contribution in [2.45, 2.75) is 37.9 Å². The Bertz CT molecular complexity index is 626. The van der Waals surface area contributed by atoms with Crippen LogP contribution >= 0.6 is 0 Å². The van der Waals surface area contributed by atoms with E-state index in [2.05, 4.69) is 0 Å². The van der Waals surface area contributed by atoms with Crippen LogP contribution in [-0.4, -0.2) is 62.1 Å². The summed E-state index contributed by atoms with van der Waals surface area (Å²) in [4.78, 5) is 11.5. The van der Waals surface area contributed by atoms with Crippen molar-refractivity contribution in [2.75, 3.05) is 24.6 Å². The van der Waals surface area contributed by atoms with E-state index in [1.165, 1.54) is 4.31 Å². The molecule has 0 aromatic heterocycles. The number of carbonyl (C=O) groups is 1. The van der Waals surface area contributed by atoms with E-state index in [-0.39, 0.29) is 31.0 Å². The standard InChI is InChI=1S/C12H21NO6S2/c1-2-12(11(14)15)5-3-6-13(9-12)21(18,19)10-4-7-20(16,17)8-10/h10H,2-9H2,1H3,(H,14,15). The Balaban J connectivity index is 2.23. The first-order chi connectivity index (χ1) is 9.63. The topological polar surface area (TPSA) is 109 Å². The Morgan fingerprint density at radius 3 is 2.57 bits per heavy atom. The largest absolute Gasteiger partial charge is 0.481 e. The molecule has 2 unspecified atom stereocenters. The Labute approximate surface area is 125 Å². The number of carboxylic acids is 1. The van der Waals surface area contributed by atoms with Gasteiger partial charge in [0.25, 0.3) is 0 Å². The molecule has 2 saturated heterocycles. The number of rotatable bonds is 4. The maximum atomic E-state index is 12.6. The number of aliphatic carboxylic acids is 1. The van der Waals surface area contributed by atoms with E-state index in [4.69, 9.17) is 0 Å². The smallest absolute Gasteiger partial charge is 0.310 e. The van der Waals surface area contributed by atoms with Crippen molar-refractivity contribution in [3.05, 3.63) is 0 Å². The zero-order valence-corrected chi connectivity index (χ0v) is 13.6. The summed E-state index contributed by atoms with van der Waals surface area (Å²) in [5.41, 5.74) is -1.05. The van der Waals surface area contributed by atoms with Gasteiger partial charge in [-0.15, -0.1) is 0 Å². The van der Waals surface area contributed by atoms with Gasteiger partial charge < -0.3 is 5.11 Å². The Morgan fingerprint density at radius 1 is 1.43 bits per heavy atom. The molecule has 122 valence electrons. The van der Waals surface area contributed by atoms with Crippen molar-refractivity contribution < 1.29 is 26.7 Å². The minimum atomic E-state index is -3.76. The molecule has 0 aliphatic carbocycles. The van der Waals surface area contributed by atoms with Crippen LogP contribution < -0.4 is 0 Å². The van der Waals surface area contributed by atoms with E-state index in [1.54, 1.807) is 6.92 Å². The maximum Gasteiger partial charge on any atom is 0.310 e. The van der Waals surface area contributed by atoms with Crippen LogP contribution in [-0.2, 0) is 24.7 Å². The highest BCUT2D eigenvalue weighted by molar-refractivity contribution is 7.95. The molecule has 9 heteroatoms. The summed E-state index contributed by atoms with van der Waals surface area (Å²) >= 11 is 0. The molecule has 1 N–H and O–H groups in total. The number of piperidine rings is 1. The zero-order valence-electron chi connectivity index (χ0n) is 12.0. The Morgan fingerprint density at radius 2 is 2.10 bits per heavy atom. The highest BCUT2D eigenvalue weighted by Crippen LogP contribution is 2.36. The van der Waals surface area contributed by atoms with E-state index in [0.29, 0.717) is 19.3 Å². The predicted octanol–water partition coefficient (Wildman–Crippen LogP) is 0.0801. The second-order valence-electron chi connectivity index (χ2n) is 5.95. The molecule has 0 aromatic rings. The summed E-state index contributed by atoms with van der Waals surface area (Å²) in [6, 6.07) is 0. The molecule has 0 radical (unpaired) electrons. The summed E-state index contributed by atoms with van der Waals surface area (Å²) in [5.74, 6) is -1.44. The van der Waals surface area contributed by atoms with E-state index in [1.807, 2.05) is 0 Å². The van der Waals surface area contributed by atoms with Crippen molar-refractivity contribution in [3.63, 3.8) is 0 Å². The van der Waals surface area contributed by atoms with Crippen LogP contribution in [0.5, 0.6) is 0 Å². The predicted molar refractivity (Wildman–Crippen MR) is 77.1 cm³/mol. The van der Waals surface area contributed by atoms with Crippen LogP contribution in [0.4, 0.5) is 0 Å².